The number of hydrogen-bond acceptors (Lipinski definition) is 3. The average Bonchev–Trinajstić information content (AvgIpc) is 2.65. The van der Waals surface area contributed by atoms with E-state index >= 15 is 0 Å². The van der Waals surface area contributed by atoms with Gasteiger partial charge in [-0.15, -0.1) is 0 Å². The van der Waals surface area contributed by atoms with Gasteiger partial charge in [-0.2, -0.15) is 0 Å². The van der Waals surface area contributed by atoms with Crippen LogP contribution in [0.2, 0.25) is 0 Å². The van der Waals surface area contributed by atoms with Crippen LogP contribution >= 0.6 is 0 Å². The topological polar surface area (TPSA) is 43.4 Å². The fraction of sp³-hybridized carbons (Fsp3) is 0.778. The van der Waals surface area contributed by atoms with Crippen LogP contribution in [0.3, 0.4) is 0 Å². The molecule has 0 aromatic rings. The van der Waals surface area contributed by atoms with E-state index in [0.717, 1.165) is 6.42 Å². The summed E-state index contributed by atoms with van der Waals surface area (Å²) in [5, 5.41) is 0. The number of esters is 1. The van der Waals surface area contributed by atoms with Crippen molar-refractivity contribution in [1.29, 1.82) is 0 Å². The standard InChI is InChI=1S/C9H12O3/c1-2-12-9(11)8-5-3-4-6(10)7(5)8/h5,7-8H,2-4H2,1H3/t5-,7-,8?/m0/s1. The molecule has 0 spiro atoms. The number of ketones is 1. The van der Waals surface area contributed by atoms with Gasteiger partial charge in [-0.3, -0.25) is 9.59 Å². The minimum Gasteiger partial charge on any atom is -0.466 e. The molecule has 2 rings (SSSR count). The van der Waals surface area contributed by atoms with Crippen LogP contribution in [0.25, 0.3) is 0 Å². The van der Waals surface area contributed by atoms with E-state index in [2.05, 4.69) is 0 Å². The maximum Gasteiger partial charge on any atom is 0.309 e. The van der Waals surface area contributed by atoms with Gasteiger partial charge in [0, 0.05) is 12.3 Å². The number of fused-ring (bicyclic) bond motifs is 1. The van der Waals surface area contributed by atoms with Crippen molar-refractivity contribution < 1.29 is 14.3 Å². The molecule has 0 bridgehead atoms. The van der Waals surface area contributed by atoms with Crippen LogP contribution < -0.4 is 0 Å². The predicted molar refractivity (Wildman–Crippen MR) is 41.3 cm³/mol. The van der Waals surface area contributed by atoms with Crippen molar-refractivity contribution in [3.63, 3.8) is 0 Å². The third-order valence-electron chi connectivity index (χ3n) is 2.82. The molecule has 3 atom stereocenters. The Kier molecular flexibility index (Phi) is 1.67. The zero-order chi connectivity index (χ0) is 8.72. The highest BCUT2D eigenvalue weighted by Gasteiger charge is 2.62. The van der Waals surface area contributed by atoms with Gasteiger partial charge in [0.1, 0.15) is 5.78 Å². The zero-order valence-corrected chi connectivity index (χ0v) is 7.08. The molecule has 0 heterocycles. The van der Waals surface area contributed by atoms with Crippen molar-refractivity contribution in [3.8, 4) is 0 Å². The highest BCUT2D eigenvalue weighted by Crippen LogP contribution is 2.55. The lowest BCUT2D eigenvalue weighted by atomic mass is 10.1. The molecule has 3 nitrogen and oxygen atoms in total. The molecule has 0 aromatic heterocycles. The first-order valence-electron chi connectivity index (χ1n) is 4.45. The molecule has 2 aliphatic rings. The molecule has 0 saturated heterocycles. The molecule has 0 N–H and O–H groups in total. The van der Waals surface area contributed by atoms with Crippen LogP contribution in [0.5, 0.6) is 0 Å². The van der Waals surface area contributed by atoms with Crippen molar-refractivity contribution in [2.75, 3.05) is 6.61 Å². The SMILES string of the molecule is CCOC(=O)C1[C@H]2CCC(=O)[C@@H]12. The second-order valence-electron chi connectivity index (χ2n) is 3.47. The molecule has 0 aromatic carbocycles. The number of ether oxygens (including phenoxy) is 1. The molecule has 0 amide bonds. The summed E-state index contributed by atoms with van der Waals surface area (Å²) in [5.41, 5.74) is 0. The Hall–Kier alpha value is -0.860. The summed E-state index contributed by atoms with van der Waals surface area (Å²) in [6.45, 7) is 2.21. The number of carbonyl (C=O) groups excluding carboxylic acids is 2. The Balaban J connectivity index is 1.94. The number of hydrogen-bond donors (Lipinski definition) is 0. The molecule has 66 valence electrons. The van der Waals surface area contributed by atoms with Gasteiger partial charge in [-0.25, -0.2) is 0 Å². The van der Waals surface area contributed by atoms with Crippen LogP contribution in [-0.4, -0.2) is 18.4 Å². The third kappa shape index (κ3) is 0.958. The third-order valence-corrected chi connectivity index (χ3v) is 2.82. The molecule has 2 fully saturated rings. The lowest BCUT2D eigenvalue weighted by Crippen LogP contribution is -2.12. The number of carbonyl (C=O) groups is 2. The lowest BCUT2D eigenvalue weighted by Gasteiger charge is -2.01. The van der Waals surface area contributed by atoms with Gasteiger partial charge in [0.2, 0.25) is 0 Å². The fourth-order valence-corrected chi connectivity index (χ4v) is 2.21. The van der Waals surface area contributed by atoms with Gasteiger partial charge in [0.15, 0.2) is 0 Å². The summed E-state index contributed by atoms with van der Waals surface area (Å²) in [5.74, 6) is 0.380. The van der Waals surface area contributed by atoms with Crippen molar-refractivity contribution in [3.05, 3.63) is 0 Å². The van der Waals surface area contributed by atoms with Gasteiger partial charge in [-0.05, 0) is 19.3 Å². The van der Waals surface area contributed by atoms with E-state index in [-0.39, 0.29) is 23.6 Å². The second-order valence-corrected chi connectivity index (χ2v) is 3.47. The first-order chi connectivity index (χ1) is 5.75. The Labute approximate surface area is 71.1 Å². The van der Waals surface area contributed by atoms with E-state index in [1.165, 1.54) is 0 Å². The van der Waals surface area contributed by atoms with E-state index in [4.69, 9.17) is 4.74 Å². The number of Topliss-reactive ketones (excluding diaryl/α,β-unsaturated/α-hetero) is 1. The maximum absolute atomic E-state index is 11.2. The van der Waals surface area contributed by atoms with E-state index in [0.29, 0.717) is 18.9 Å². The first kappa shape index (κ1) is 7.77. The van der Waals surface area contributed by atoms with Crippen LogP contribution in [0.4, 0.5) is 0 Å². The summed E-state index contributed by atoms with van der Waals surface area (Å²) in [7, 11) is 0. The normalized spacial score (nSPS) is 37.8. The largest absolute Gasteiger partial charge is 0.466 e. The second kappa shape index (κ2) is 2.57. The molecule has 0 aliphatic heterocycles. The van der Waals surface area contributed by atoms with Gasteiger partial charge in [-0.1, -0.05) is 0 Å². The molecule has 2 aliphatic carbocycles. The Morgan fingerprint density at radius 2 is 2.42 bits per heavy atom. The van der Waals surface area contributed by atoms with Gasteiger partial charge in [0.05, 0.1) is 12.5 Å². The molecular formula is C9H12O3. The summed E-state index contributed by atoms with van der Waals surface area (Å²) in [4.78, 5) is 22.3. The molecular weight excluding hydrogens is 156 g/mol. The Morgan fingerprint density at radius 1 is 1.67 bits per heavy atom. The first-order valence-corrected chi connectivity index (χ1v) is 4.45. The lowest BCUT2D eigenvalue weighted by molar-refractivity contribution is -0.146. The minimum atomic E-state index is -0.166. The highest BCUT2D eigenvalue weighted by atomic mass is 16.5. The number of rotatable bonds is 2. The van der Waals surface area contributed by atoms with Crippen LogP contribution in [-0.2, 0) is 14.3 Å². The minimum absolute atomic E-state index is 0.0315. The predicted octanol–water partition coefficient (Wildman–Crippen LogP) is 0.775. The van der Waals surface area contributed by atoms with Crippen LogP contribution in [0.15, 0.2) is 0 Å². The molecule has 3 heteroatoms. The van der Waals surface area contributed by atoms with E-state index < -0.39 is 0 Å². The summed E-state index contributed by atoms with van der Waals surface area (Å²) < 4.78 is 4.86. The molecule has 2 saturated carbocycles. The molecule has 0 radical (unpaired) electrons. The van der Waals surface area contributed by atoms with Crippen molar-refractivity contribution >= 4 is 11.8 Å². The molecule has 12 heavy (non-hydrogen) atoms. The van der Waals surface area contributed by atoms with Crippen molar-refractivity contribution in [1.82, 2.24) is 0 Å². The summed E-state index contributed by atoms with van der Waals surface area (Å²) in [6, 6.07) is 0. The van der Waals surface area contributed by atoms with Gasteiger partial charge >= 0.3 is 5.97 Å². The Bertz CT molecular complexity index is 234. The van der Waals surface area contributed by atoms with E-state index in [1.807, 2.05) is 0 Å². The van der Waals surface area contributed by atoms with Gasteiger partial charge < -0.3 is 4.74 Å². The Morgan fingerprint density at radius 3 is 2.92 bits per heavy atom. The molecule has 1 unspecified atom stereocenters. The van der Waals surface area contributed by atoms with E-state index in [1.54, 1.807) is 6.92 Å². The summed E-state index contributed by atoms with van der Waals surface area (Å²) in [6.07, 6.45) is 1.57. The fourth-order valence-electron chi connectivity index (χ4n) is 2.21. The quantitative estimate of drug-likeness (QED) is 0.572. The van der Waals surface area contributed by atoms with Crippen molar-refractivity contribution in [2.24, 2.45) is 17.8 Å². The summed E-state index contributed by atoms with van der Waals surface area (Å²) >= 11 is 0. The highest BCUT2D eigenvalue weighted by molar-refractivity contribution is 5.94. The monoisotopic (exact) mass is 168 g/mol. The van der Waals surface area contributed by atoms with E-state index in [9.17, 15) is 9.59 Å². The van der Waals surface area contributed by atoms with Gasteiger partial charge in [0.25, 0.3) is 0 Å². The van der Waals surface area contributed by atoms with Crippen molar-refractivity contribution in [2.45, 2.75) is 19.8 Å². The van der Waals surface area contributed by atoms with Crippen LogP contribution in [0.1, 0.15) is 19.8 Å². The average molecular weight is 168 g/mol. The van der Waals surface area contributed by atoms with Crippen LogP contribution in [0, 0.1) is 17.8 Å². The zero-order valence-electron chi connectivity index (χ0n) is 7.08. The smallest absolute Gasteiger partial charge is 0.309 e. The maximum atomic E-state index is 11.2.